The van der Waals surface area contributed by atoms with Gasteiger partial charge in [-0.05, 0) is 31.4 Å². The molecule has 1 saturated carbocycles. The van der Waals surface area contributed by atoms with E-state index in [0.29, 0.717) is 0 Å². The van der Waals surface area contributed by atoms with Gasteiger partial charge in [0.1, 0.15) is 0 Å². The quantitative estimate of drug-likeness (QED) is 0.864. The van der Waals surface area contributed by atoms with Crippen molar-refractivity contribution in [2.45, 2.75) is 31.3 Å². The molecule has 1 aliphatic rings. The molecule has 2 rings (SSSR count). The third-order valence-corrected chi connectivity index (χ3v) is 4.25. The van der Waals surface area contributed by atoms with Crippen molar-refractivity contribution in [2.24, 2.45) is 0 Å². The van der Waals surface area contributed by atoms with E-state index in [2.05, 4.69) is 5.32 Å². The summed E-state index contributed by atoms with van der Waals surface area (Å²) in [6, 6.07) is 2.64. The minimum Gasteiger partial charge on any atom is -0.478 e. The minimum atomic E-state index is -1.21. The number of carbonyl (C=O) groups is 2. The van der Waals surface area contributed by atoms with E-state index < -0.39 is 11.6 Å². The molecule has 0 spiro atoms. The summed E-state index contributed by atoms with van der Waals surface area (Å²) in [7, 11) is 1.57. The highest BCUT2D eigenvalue weighted by molar-refractivity contribution is 6.37. The molecule has 1 aromatic carbocycles. The molecule has 1 aliphatic carbocycles. The number of carbonyl (C=O) groups excluding carboxylic acids is 1. The van der Waals surface area contributed by atoms with Crippen LogP contribution >= 0.6 is 23.2 Å². The average Bonchev–Trinajstić information content (AvgIpc) is 2.36. The fourth-order valence-corrected chi connectivity index (χ4v) is 2.91. The SMILES string of the molecule is COC1(CC(=O)Nc2c(Cl)cc(Cl)cc2C(=O)O)CCC1. The summed E-state index contributed by atoms with van der Waals surface area (Å²) in [6.07, 6.45) is 2.82. The smallest absolute Gasteiger partial charge is 0.337 e. The van der Waals surface area contributed by atoms with E-state index in [1.54, 1.807) is 7.11 Å². The van der Waals surface area contributed by atoms with E-state index in [4.69, 9.17) is 27.9 Å². The first-order valence-corrected chi connectivity index (χ1v) is 7.20. The Morgan fingerprint density at radius 3 is 2.52 bits per heavy atom. The maximum Gasteiger partial charge on any atom is 0.337 e. The Hall–Kier alpha value is -1.30. The second-order valence-corrected chi connectivity index (χ2v) is 5.92. The zero-order valence-electron chi connectivity index (χ0n) is 11.4. The lowest BCUT2D eigenvalue weighted by atomic mass is 9.77. The second kappa shape index (κ2) is 6.22. The van der Waals surface area contributed by atoms with Gasteiger partial charge in [0, 0.05) is 12.1 Å². The van der Waals surface area contributed by atoms with Crippen LogP contribution in [-0.2, 0) is 9.53 Å². The van der Waals surface area contributed by atoms with Crippen LogP contribution in [0, 0.1) is 0 Å². The zero-order valence-corrected chi connectivity index (χ0v) is 12.9. The predicted octanol–water partition coefficient (Wildman–Crippen LogP) is 3.59. The molecule has 21 heavy (non-hydrogen) atoms. The summed E-state index contributed by atoms with van der Waals surface area (Å²) in [4.78, 5) is 23.3. The van der Waals surface area contributed by atoms with Gasteiger partial charge in [0.2, 0.25) is 5.91 Å². The number of hydrogen-bond acceptors (Lipinski definition) is 3. The third-order valence-electron chi connectivity index (χ3n) is 3.73. The van der Waals surface area contributed by atoms with Gasteiger partial charge >= 0.3 is 5.97 Å². The Kier molecular flexibility index (Phi) is 4.76. The van der Waals surface area contributed by atoms with Crippen molar-refractivity contribution < 1.29 is 19.4 Å². The molecule has 0 unspecified atom stereocenters. The molecular formula is C14H15Cl2NO4. The van der Waals surface area contributed by atoms with Gasteiger partial charge in [0.25, 0.3) is 0 Å². The molecule has 1 aromatic rings. The first-order valence-electron chi connectivity index (χ1n) is 6.44. The number of carboxylic acids is 1. The molecule has 5 nitrogen and oxygen atoms in total. The highest BCUT2D eigenvalue weighted by atomic mass is 35.5. The number of carboxylic acid groups (broad SMARTS) is 1. The van der Waals surface area contributed by atoms with Gasteiger partial charge < -0.3 is 15.2 Å². The van der Waals surface area contributed by atoms with Crippen LogP contribution in [-0.4, -0.2) is 29.7 Å². The lowest BCUT2D eigenvalue weighted by Gasteiger charge is -2.39. The van der Waals surface area contributed by atoms with E-state index >= 15 is 0 Å². The van der Waals surface area contributed by atoms with Crippen molar-refractivity contribution in [3.63, 3.8) is 0 Å². The number of anilines is 1. The van der Waals surface area contributed by atoms with Gasteiger partial charge in [-0.3, -0.25) is 4.79 Å². The summed E-state index contributed by atoms with van der Waals surface area (Å²) in [5.74, 6) is -1.54. The van der Waals surface area contributed by atoms with Gasteiger partial charge in [-0.25, -0.2) is 4.79 Å². The first-order chi connectivity index (χ1) is 9.87. The van der Waals surface area contributed by atoms with E-state index in [9.17, 15) is 14.7 Å². The molecule has 0 aromatic heterocycles. The van der Waals surface area contributed by atoms with Crippen LogP contribution < -0.4 is 5.32 Å². The fraction of sp³-hybridized carbons (Fsp3) is 0.429. The van der Waals surface area contributed by atoms with E-state index in [1.165, 1.54) is 12.1 Å². The van der Waals surface area contributed by atoms with Crippen molar-refractivity contribution in [3.8, 4) is 0 Å². The predicted molar refractivity (Wildman–Crippen MR) is 80.3 cm³/mol. The topological polar surface area (TPSA) is 75.6 Å². The fourth-order valence-electron chi connectivity index (χ4n) is 2.37. The number of hydrogen-bond donors (Lipinski definition) is 2. The number of amides is 1. The number of benzene rings is 1. The van der Waals surface area contributed by atoms with Gasteiger partial charge in [0.05, 0.1) is 28.3 Å². The first kappa shape index (κ1) is 16.1. The molecule has 1 amide bonds. The normalized spacial score (nSPS) is 16.1. The number of halogens is 2. The number of rotatable bonds is 5. The monoisotopic (exact) mass is 331 g/mol. The highest BCUT2D eigenvalue weighted by Gasteiger charge is 2.39. The van der Waals surface area contributed by atoms with Gasteiger partial charge in [-0.15, -0.1) is 0 Å². The lowest BCUT2D eigenvalue weighted by molar-refractivity contribution is -0.129. The van der Waals surface area contributed by atoms with Crippen LogP contribution in [0.25, 0.3) is 0 Å². The summed E-state index contributed by atoms with van der Waals surface area (Å²) in [5.41, 5.74) is -0.517. The molecule has 2 N–H and O–H groups in total. The molecule has 0 heterocycles. The van der Waals surface area contributed by atoms with Gasteiger partial charge in [-0.2, -0.15) is 0 Å². The number of nitrogens with one attached hydrogen (secondary N) is 1. The maximum absolute atomic E-state index is 12.1. The molecule has 1 fully saturated rings. The van der Waals surface area contributed by atoms with Crippen LogP contribution in [0.2, 0.25) is 10.0 Å². The van der Waals surface area contributed by atoms with Crippen molar-refractivity contribution in [2.75, 3.05) is 12.4 Å². The zero-order chi connectivity index (χ0) is 15.6. The number of methoxy groups -OCH3 is 1. The molecule has 0 aliphatic heterocycles. The van der Waals surface area contributed by atoms with Crippen LogP contribution in [0.4, 0.5) is 5.69 Å². The highest BCUT2D eigenvalue weighted by Crippen LogP contribution is 2.38. The largest absolute Gasteiger partial charge is 0.478 e. The molecule has 0 radical (unpaired) electrons. The molecule has 0 atom stereocenters. The average molecular weight is 332 g/mol. The van der Waals surface area contributed by atoms with Crippen molar-refractivity contribution in [1.29, 1.82) is 0 Å². The van der Waals surface area contributed by atoms with Crippen molar-refractivity contribution in [3.05, 3.63) is 27.7 Å². The second-order valence-electron chi connectivity index (χ2n) is 5.08. The Morgan fingerprint density at radius 2 is 2.05 bits per heavy atom. The summed E-state index contributed by atoms with van der Waals surface area (Å²) >= 11 is 11.8. The standard InChI is InChI=1S/C14H15Cl2NO4/c1-21-14(3-2-4-14)7-11(18)17-12-9(13(19)20)5-8(15)6-10(12)16/h5-6H,2-4,7H2,1H3,(H,17,18)(H,19,20). The van der Waals surface area contributed by atoms with Gasteiger partial charge in [0.15, 0.2) is 0 Å². The minimum absolute atomic E-state index is 0.0594. The summed E-state index contributed by atoms with van der Waals surface area (Å²) < 4.78 is 5.38. The Labute approximate surface area is 132 Å². The molecule has 7 heteroatoms. The number of ether oxygens (including phenoxy) is 1. The van der Waals surface area contributed by atoms with Crippen LogP contribution in [0.1, 0.15) is 36.0 Å². The molecular weight excluding hydrogens is 317 g/mol. The van der Waals surface area contributed by atoms with Crippen LogP contribution in [0.5, 0.6) is 0 Å². The van der Waals surface area contributed by atoms with E-state index in [0.717, 1.165) is 19.3 Å². The van der Waals surface area contributed by atoms with E-state index in [1.807, 2.05) is 0 Å². The van der Waals surface area contributed by atoms with Crippen molar-refractivity contribution in [1.82, 2.24) is 0 Å². The Morgan fingerprint density at radius 1 is 1.38 bits per heavy atom. The Bertz CT molecular complexity index is 579. The van der Waals surface area contributed by atoms with E-state index in [-0.39, 0.29) is 33.6 Å². The molecule has 0 bridgehead atoms. The Balaban J connectivity index is 2.19. The van der Waals surface area contributed by atoms with Gasteiger partial charge in [-0.1, -0.05) is 23.2 Å². The maximum atomic E-state index is 12.1. The summed E-state index contributed by atoms with van der Waals surface area (Å²) in [6.45, 7) is 0. The number of aromatic carboxylic acids is 1. The van der Waals surface area contributed by atoms with Crippen LogP contribution in [0.15, 0.2) is 12.1 Å². The van der Waals surface area contributed by atoms with Crippen LogP contribution in [0.3, 0.4) is 0 Å². The molecule has 114 valence electrons. The molecule has 0 saturated heterocycles. The third kappa shape index (κ3) is 3.48. The summed E-state index contributed by atoms with van der Waals surface area (Å²) in [5, 5.41) is 12.0. The van der Waals surface area contributed by atoms with Crippen molar-refractivity contribution >= 4 is 40.8 Å². The lowest BCUT2D eigenvalue weighted by Crippen LogP contribution is -2.42.